The maximum Gasteiger partial charge on any atom is 0.320 e. The molecule has 0 saturated carbocycles. The Hall–Kier alpha value is -1.72. The Kier molecular flexibility index (Phi) is 4.78. The van der Waals surface area contributed by atoms with Crippen molar-refractivity contribution in [2.24, 2.45) is 0 Å². The van der Waals surface area contributed by atoms with Gasteiger partial charge in [0.05, 0.1) is 6.04 Å². The van der Waals surface area contributed by atoms with Crippen LogP contribution in [0.2, 0.25) is 0 Å². The van der Waals surface area contributed by atoms with E-state index in [9.17, 15) is 14.3 Å². The van der Waals surface area contributed by atoms with Crippen molar-refractivity contribution in [3.63, 3.8) is 0 Å². The van der Waals surface area contributed by atoms with Crippen LogP contribution in [0, 0.1) is 5.82 Å². The van der Waals surface area contributed by atoms with Crippen molar-refractivity contribution in [1.82, 2.24) is 4.90 Å². The molecule has 1 aliphatic heterocycles. The summed E-state index contributed by atoms with van der Waals surface area (Å²) >= 11 is 3.56. The van der Waals surface area contributed by atoms with Gasteiger partial charge in [0.2, 0.25) is 0 Å². The standard InChI is InChI=1S/C18H17BrFNO2/c19-15-5-2-1-4-14(15)17(12-7-9-13(20)10-8-12)21-11-3-6-16(21)18(22)23/h1-2,4-5,7-10,16-17H,3,6,11H2,(H,22,23). The van der Waals surface area contributed by atoms with Gasteiger partial charge in [0.1, 0.15) is 11.9 Å². The normalized spacial score (nSPS) is 19.7. The van der Waals surface area contributed by atoms with Crippen LogP contribution in [0.25, 0.3) is 0 Å². The molecule has 23 heavy (non-hydrogen) atoms. The molecule has 1 saturated heterocycles. The molecule has 2 unspecified atom stereocenters. The van der Waals surface area contributed by atoms with Crippen molar-refractivity contribution in [3.05, 3.63) is 69.9 Å². The fraction of sp³-hybridized carbons (Fsp3) is 0.278. The van der Waals surface area contributed by atoms with Gasteiger partial charge in [-0.3, -0.25) is 9.69 Å². The molecule has 2 atom stereocenters. The number of nitrogens with zero attached hydrogens (tertiary/aromatic N) is 1. The van der Waals surface area contributed by atoms with Crippen LogP contribution in [-0.2, 0) is 4.79 Å². The van der Waals surface area contributed by atoms with E-state index in [-0.39, 0.29) is 11.9 Å². The van der Waals surface area contributed by atoms with Crippen LogP contribution in [0.15, 0.2) is 53.0 Å². The molecule has 0 spiro atoms. The maximum absolute atomic E-state index is 13.3. The molecular formula is C18H17BrFNO2. The van der Waals surface area contributed by atoms with E-state index in [1.54, 1.807) is 12.1 Å². The highest BCUT2D eigenvalue weighted by atomic mass is 79.9. The molecule has 0 bridgehead atoms. The summed E-state index contributed by atoms with van der Waals surface area (Å²) in [5.41, 5.74) is 1.89. The van der Waals surface area contributed by atoms with Gasteiger partial charge in [0, 0.05) is 11.0 Å². The molecule has 0 aromatic heterocycles. The summed E-state index contributed by atoms with van der Waals surface area (Å²) in [4.78, 5) is 13.6. The first-order valence-corrected chi connectivity index (χ1v) is 8.35. The lowest BCUT2D eigenvalue weighted by Crippen LogP contribution is -2.39. The van der Waals surface area contributed by atoms with Gasteiger partial charge >= 0.3 is 5.97 Å². The Bertz CT molecular complexity index is 704. The highest BCUT2D eigenvalue weighted by Gasteiger charge is 2.37. The van der Waals surface area contributed by atoms with Crippen molar-refractivity contribution in [2.45, 2.75) is 24.9 Å². The fourth-order valence-corrected chi connectivity index (χ4v) is 3.76. The number of carboxylic acids is 1. The summed E-state index contributed by atoms with van der Waals surface area (Å²) in [7, 11) is 0. The Morgan fingerprint density at radius 3 is 2.57 bits per heavy atom. The van der Waals surface area contributed by atoms with Gasteiger partial charge in [0.15, 0.2) is 0 Å². The van der Waals surface area contributed by atoms with E-state index in [0.717, 1.165) is 22.0 Å². The number of carbonyl (C=O) groups is 1. The van der Waals surface area contributed by atoms with E-state index in [1.165, 1.54) is 12.1 Å². The van der Waals surface area contributed by atoms with Gasteiger partial charge in [-0.15, -0.1) is 0 Å². The van der Waals surface area contributed by atoms with E-state index in [2.05, 4.69) is 15.9 Å². The Morgan fingerprint density at radius 2 is 1.91 bits per heavy atom. The van der Waals surface area contributed by atoms with Gasteiger partial charge in [-0.2, -0.15) is 0 Å². The Labute approximate surface area is 142 Å². The first-order chi connectivity index (χ1) is 11.1. The number of hydrogen-bond donors (Lipinski definition) is 1. The summed E-state index contributed by atoms with van der Waals surface area (Å²) in [5, 5.41) is 9.53. The second kappa shape index (κ2) is 6.81. The second-order valence-corrected chi connectivity index (χ2v) is 6.56. The number of likely N-dealkylation sites (tertiary alicyclic amines) is 1. The minimum absolute atomic E-state index is 0.213. The van der Waals surface area contributed by atoms with E-state index < -0.39 is 12.0 Å². The molecule has 0 aliphatic carbocycles. The number of halogens is 2. The average molecular weight is 378 g/mol. The van der Waals surface area contributed by atoms with Crippen LogP contribution in [0.4, 0.5) is 4.39 Å². The van der Waals surface area contributed by atoms with Crippen LogP contribution in [0.5, 0.6) is 0 Å². The SMILES string of the molecule is O=C(O)C1CCCN1C(c1ccc(F)cc1)c1ccccc1Br. The molecule has 2 aromatic rings. The number of aliphatic carboxylic acids is 1. The number of hydrogen-bond acceptors (Lipinski definition) is 2. The molecule has 1 aliphatic rings. The first-order valence-electron chi connectivity index (χ1n) is 7.56. The van der Waals surface area contributed by atoms with E-state index in [1.807, 2.05) is 29.2 Å². The lowest BCUT2D eigenvalue weighted by molar-refractivity contribution is -0.142. The second-order valence-electron chi connectivity index (χ2n) is 5.71. The summed E-state index contributed by atoms with van der Waals surface area (Å²) in [6, 6.07) is 13.4. The van der Waals surface area contributed by atoms with Crippen molar-refractivity contribution in [1.29, 1.82) is 0 Å². The summed E-state index contributed by atoms with van der Waals surface area (Å²) in [6.45, 7) is 0.709. The van der Waals surface area contributed by atoms with E-state index in [0.29, 0.717) is 13.0 Å². The third-order valence-electron chi connectivity index (χ3n) is 4.30. The molecule has 1 N–H and O–H groups in total. The molecule has 0 radical (unpaired) electrons. The number of carboxylic acid groups (broad SMARTS) is 1. The van der Waals surface area contributed by atoms with Crippen LogP contribution >= 0.6 is 15.9 Å². The predicted molar refractivity (Wildman–Crippen MR) is 89.7 cm³/mol. The van der Waals surface area contributed by atoms with E-state index >= 15 is 0 Å². The Morgan fingerprint density at radius 1 is 1.22 bits per heavy atom. The zero-order chi connectivity index (χ0) is 16.4. The summed E-state index contributed by atoms with van der Waals surface area (Å²) in [5.74, 6) is -1.10. The third kappa shape index (κ3) is 3.31. The molecule has 0 amide bonds. The van der Waals surface area contributed by atoms with Gasteiger partial charge in [-0.25, -0.2) is 4.39 Å². The molecule has 2 aromatic carbocycles. The Balaban J connectivity index is 2.08. The number of rotatable bonds is 4. The predicted octanol–water partition coefficient (Wildman–Crippen LogP) is 4.23. The van der Waals surface area contributed by atoms with Crippen molar-refractivity contribution in [3.8, 4) is 0 Å². The number of benzene rings is 2. The molecule has 3 rings (SSSR count). The third-order valence-corrected chi connectivity index (χ3v) is 5.02. The zero-order valence-corrected chi connectivity index (χ0v) is 14.0. The highest BCUT2D eigenvalue weighted by Crippen LogP contribution is 2.37. The maximum atomic E-state index is 13.3. The molecule has 120 valence electrons. The van der Waals surface area contributed by atoms with Gasteiger partial charge in [-0.1, -0.05) is 46.3 Å². The van der Waals surface area contributed by atoms with Crippen molar-refractivity contribution >= 4 is 21.9 Å². The largest absolute Gasteiger partial charge is 0.480 e. The topological polar surface area (TPSA) is 40.5 Å². The smallest absolute Gasteiger partial charge is 0.320 e. The van der Waals surface area contributed by atoms with Gasteiger partial charge in [-0.05, 0) is 42.2 Å². The molecule has 1 fully saturated rings. The van der Waals surface area contributed by atoms with Crippen LogP contribution in [-0.4, -0.2) is 28.6 Å². The quantitative estimate of drug-likeness (QED) is 0.866. The summed E-state index contributed by atoms with van der Waals surface area (Å²) < 4.78 is 14.2. The molecule has 5 heteroatoms. The van der Waals surface area contributed by atoms with Crippen molar-refractivity contribution in [2.75, 3.05) is 6.54 Å². The molecule has 1 heterocycles. The zero-order valence-electron chi connectivity index (χ0n) is 12.5. The van der Waals surface area contributed by atoms with Crippen LogP contribution in [0.3, 0.4) is 0 Å². The average Bonchev–Trinajstić information content (AvgIpc) is 3.01. The summed E-state index contributed by atoms with van der Waals surface area (Å²) in [6.07, 6.45) is 1.48. The molecular weight excluding hydrogens is 361 g/mol. The minimum atomic E-state index is -0.804. The van der Waals surface area contributed by atoms with Gasteiger partial charge < -0.3 is 5.11 Å². The van der Waals surface area contributed by atoms with Crippen LogP contribution < -0.4 is 0 Å². The minimum Gasteiger partial charge on any atom is -0.480 e. The lowest BCUT2D eigenvalue weighted by atomic mass is 9.96. The van der Waals surface area contributed by atoms with Gasteiger partial charge in [0.25, 0.3) is 0 Å². The van der Waals surface area contributed by atoms with Crippen LogP contribution in [0.1, 0.15) is 30.0 Å². The monoisotopic (exact) mass is 377 g/mol. The first kappa shape index (κ1) is 16.1. The highest BCUT2D eigenvalue weighted by molar-refractivity contribution is 9.10. The fourth-order valence-electron chi connectivity index (χ4n) is 3.25. The lowest BCUT2D eigenvalue weighted by Gasteiger charge is -2.32. The molecule has 3 nitrogen and oxygen atoms in total. The van der Waals surface area contributed by atoms with Crippen molar-refractivity contribution < 1.29 is 14.3 Å². The van der Waals surface area contributed by atoms with E-state index in [4.69, 9.17) is 0 Å².